The molecule has 4 rings (SSSR count). The van der Waals surface area contributed by atoms with Crippen molar-refractivity contribution < 1.29 is 20.1 Å². The Hall–Kier alpha value is -0.710. The number of carbonyl (C=O) groups is 1. The van der Waals surface area contributed by atoms with Gasteiger partial charge in [0.25, 0.3) is 0 Å². The summed E-state index contributed by atoms with van der Waals surface area (Å²) in [5.41, 5.74) is -1.11. The molecule has 2 bridgehead atoms. The molecule has 0 saturated heterocycles. The minimum absolute atomic E-state index is 0.0109. The summed E-state index contributed by atoms with van der Waals surface area (Å²) in [6, 6.07) is 0. The number of hydrogen-bond donors (Lipinski definition) is 3. The molecule has 4 heteroatoms. The first-order valence-corrected chi connectivity index (χ1v) is 9.37. The van der Waals surface area contributed by atoms with Crippen LogP contribution in [0.1, 0.15) is 52.9 Å². The molecule has 0 aromatic heterocycles. The zero-order valence-corrected chi connectivity index (χ0v) is 15.0. The number of Topliss-reactive ketones (excluding diaryl/α,β-unsaturated/α-hetero) is 1. The molecule has 4 aliphatic rings. The van der Waals surface area contributed by atoms with Crippen LogP contribution in [0, 0.1) is 34.0 Å². The van der Waals surface area contributed by atoms with Crippen LogP contribution >= 0.6 is 0 Å². The Bertz CT molecular complexity index is 611. The minimum Gasteiger partial charge on any atom is -0.393 e. The van der Waals surface area contributed by atoms with Gasteiger partial charge in [-0.1, -0.05) is 27.4 Å². The quantitative estimate of drug-likeness (QED) is 0.593. The highest BCUT2D eigenvalue weighted by Gasteiger charge is 2.75. The molecule has 4 unspecified atom stereocenters. The summed E-state index contributed by atoms with van der Waals surface area (Å²) in [5, 5.41) is 33.1. The number of ketones is 1. The van der Waals surface area contributed by atoms with E-state index in [1.807, 2.05) is 0 Å². The van der Waals surface area contributed by atoms with Crippen LogP contribution in [0.15, 0.2) is 12.2 Å². The van der Waals surface area contributed by atoms with Gasteiger partial charge in [-0.2, -0.15) is 0 Å². The van der Waals surface area contributed by atoms with Gasteiger partial charge in [0.15, 0.2) is 5.78 Å². The predicted octanol–water partition coefficient (Wildman–Crippen LogP) is 2.07. The number of fused-ring (bicyclic) bond motifs is 3. The summed E-state index contributed by atoms with van der Waals surface area (Å²) < 4.78 is 0. The number of hydrogen-bond acceptors (Lipinski definition) is 4. The van der Waals surface area contributed by atoms with E-state index in [9.17, 15) is 20.1 Å². The molecule has 0 aromatic rings. The maximum Gasteiger partial charge on any atom is 0.170 e. The molecule has 1 spiro atoms. The molecule has 4 saturated carbocycles. The van der Waals surface area contributed by atoms with E-state index in [-0.39, 0.29) is 29.0 Å². The lowest BCUT2D eigenvalue weighted by Gasteiger charge is -2.66. The first-order chi connectivity index (χ1) is 11.1. The Labute approximate surface area is 144 Å². The van der Waals surface area contributed by atoms with Crippen LogP contribution in [-0.4, -0.2) is 39.4 Å². The van der Waals surface area contributed by atoms with Crippen LogP contribution in [-0.2, 0) is 4.79 Å². The van der Waals surface area contributed by atoms with E-state index in [0.717, 1.165) is 25.7 Å². The summed E-state index contributed by atoms with van der Waals surface area (Å²) in [4.78, 5) is 13.1. The second kappa shape index (κ2) is 4.72. The summed E-state index contributed by atoms with van der Waals surface area (Å²) in [6.07, 6.45) is 1.40. The summed E-state index contributed by atoms with van der Waals surface area (Å²) in [6.45, 7) is 10.5. The minimum atomic E-state index is -1.15. The molecule has 3 N–H and O–H groups in total. The molecule has 8 atom stereocenters. The van der Waals surface area contributed by atoms with Gasteiger partial charge < -0.3 is 15.3 Å². The van der Waals surface area contributed by atoms with Crippen molar-refractivity contribution >= 4 is 5.78 Å². The fraction of sp³-hybridized carbons (Fsp3) is 0.850. The Morgan fingerprint density at radius 3 is 2.33 bits per heavy atom. The van der Waals surface area contributed by atoms with Crippen molar-refractivity contribution in [2.24, 2.45) is 34.0 Å². The molecule has 0 heterocycles. The average molecular weight is 334 g/mol. The second-order valence-corrected chi connectivity index (χ2v) is 9.68. The highest BCUT2D eigenvalue weighted by Crippen LogP contribution is 2.70. The fourth-order valence-electron chi connectivity index (χ4n) is 7.33. The molecule has 4 fully saturated rings. The van der Waals surface area contributed by atoms with E-state index in [1.54, 1.807) is 0 Å². The third kappa shape index (κ3) is 1.59. The van der Waals surface area contributed by atoms with Crippen molar-refractivity contribution in [3.63, 3.8) is 0 Å². The number of aliphatic hydroxyl groups excluding tert-OH is 3. The molecular weight excluding hydrogens is 304 g/mol. The van der Waals surface area contributed by atoms with Crippen molar-refractivity contribution in [1.82, 2.24) is 0 Å². The van der Waals surface area contributed by atoms with Gasteiger partial charge >= 0.3 is 0 Å². The Morgan fingerprint density at radius 1 is 1.00 bits per heavy atom. The molecule has 4 nitrogen and oxygen atoms in total. The lowest BCUT2D eigenvalue weighted by Crippen LogP contribution is -2.69. The molecule has 24 heavy (non-hydrogen) atoms. The van der Waals surface area contributed by atoms with E-state index < -0.39 is 29.1 Å². The first-order valence-electron chi connectivity index (χ1n) is 9.37. The Kier molecular flexibility index (Phi) is 3.29. The van der Waals surface area contributed by atoms with Crippen LogP contribution in [0.25, 0.3) is 0 Å². The SMILES string of the molecule is C=C1C(=O)[C@@]23C(O)C[C@@H]4C(C)(C)CCC(O)[C@@]4(C)[C@H]2CCC1C3O. The van der Waals surface area contributed by atoms with Crippen molar-refractivity contribution in [3.8, 4) is 0 Å². The standard InChI is InChI=1S/C20H30O4/c1-10-11-5-6-12-19(4)13(18(2,3)8-7-14(19)21)9-15(22)20(12,16(10)23)17(11)24/h11-15,17,21-22,24H,1,5-9H2,2-4H3/t11?,12-,13-,14?,15?,17?,19+,20+/m1/s1. The van der Waals surface area contributed by atoms with Crippen LogP contribution in [0.2, 0.25) is 0 Å². The van der Waals surface area contributed by atoms with Gasteiger partial charge in [0.1, 0.15) is 0 Å². The van der Waals surface area contributed by atoms with Crippen molar-refractivity contribution in [1.29, 1.82) is 0 Å². The summed E-state index contributed by atoms with van der Waals surface area (Å²) >= 11 is 0. The van der Waals surface area contributed by atoms with E-state index >= 15 is 0 Å². The van der Waals surface area contributed by atoms with E-state index in [4.69, 9.17) is 0 Å². The molecular formula is C20H30O4. The van der Waals surface area contributed by atoms with Crippen LogP contribution in [0.5, 0.6) is 0 Å². The topological polar surface area (TPSA) is 77.8 Å². The van der Waals surface area contributed by atoms with Gasteiger partial charge in [0, 0.05) is 11.3 Å². The van der Waals surface area contributed by atoms with Crippen molar-refractivity contribution in [2.45, 2.75) is 71.2 Å². The van der Waals surface area contributed by atoms with Gasteiger partial charge in [-0.05, 0) is 54.9 Å². The van der Waals surface area contributed by atoms with Crippen molar-refractivity contribution in [3.05, 3.63) is 12.2 Å². The number of carbonyl (C=O) groups excluding carboxylic acids is 1. The number of rotatable bonds is 0. The smallest absolute Gasteiger partial charge is 0.170 e. The maximum atomic E-state index is 13.1. The lowest BCUT2D eigenvalue weighted by molar-refractivity contribution is -0.251. The Balaban J connectivity index is 1.91. The highest BCUT2D eigenvalue weighted by atomic mass is 16.3. The van der Waals surface area contributed by atoms with Crippen LogP contribution in [0.3, 0.4) is 0 Å². The highest BCUT2D eigenvalue weighted by molar-refractivity contribution is 6.04. The van der Waals surface area contributed by atoms with Gasteiger partial charge in [0.2, 0.25) is 0 Å². The predicted molar refractivity (Wildman–Crippen MR) is 90.0 cm³/mol. The molecule has 0 aromatic carbocycles. The molecule has 134 valence electrons. The van der Waals surface area contributed by atoms with Gasteiger partial charge in [-0.3, -0.25) is 4.79 Å². The molecule has 4 aliphatic carbocycles. The largest absolute Gasteiger partial charge is 0.393 e. The summed E-state index contributed by atoms with van der Waals surface area (Å²) in [5.74, 6) is -0.418. The maximum absolute atomic E-state index is 13.1. The van der Waals surface area contributed by atoms with Crippen molar-refractivity contribution in [2.75, 3.05) is 0 Å². The zero-order valence-electron chi connectivity index (χ0n) is 15.0. The van der Waals surface area contributed by atoms with Crippen LogP contribution < -0.4 is 0 Å². The third-order valence-corrected chi connectivity index (χ3v) is 8.58. The molecule has 0 aliphatic heterocycles. The first kappa shape index (κ1) is 16.7. The van der Waals surface area contributed by atoms with E-state index in [1.165, 1.54) is 0 Å². The third-order valence-electron chi connectivity index (χ3n) is 8.58. The molecule has 0 amide bonds. The van der Waals surface area contributed by atoms with Gasteiger partial charge in [0.05, 0.1) is 23.7 Å². The molecule has 0 radical (unpaired) electrons. The van der Waals surface area contributed by atoms with E-state index in [0.29, 0.717) is 12.0 Å². The Morgan fingerprint density at radius 2 is 1.67 bits per heavy atom. The average Bonchev–Trinajstić information content (AvgIpc) is 2.63. The van der Waals surface area contributed by atoms with Gasteiger partial charge in [-0.15, -0.1) is 0 Å². The fourth-order valence-corrected chi connectivity index (χ4v) is 7.33. The monoisotopic (exact) mass is 334 g/mol. The number of aliphatic hydroxyl groups is 3. The van der Waals surface area contributed by atoms with Gasteiger partial charge in [-0.25, -0.2) is 0 Å². The normalized spacial score (nSPS) is 55.9. The lowest BCUT2D eigenvalue weighted by atomic mass is 9.39. The zero-order chi connectivity index (χ0) is 17.7. The van der Waals surface area contributed by atoms with E-state index in [2.05, 4.69) is 27.4 Å². The second-order valence-electron chi connectivity index (χ2n) is 9.68. The van der Waals surface area contributed by atoms with Crippen LogP contribution in [0.4, 0.5) is 0 Å². The summed E-state index contributed by atoms with van der Waals surface area (Å²) in [7, 11) is 0.